The van der Waals surface area contributed by atoms with Crippen LogP contribution in [0.5, 0.6) is 0 Å². The molecule has 118 valence electrons. The summed E-state index contributed by atoms with van der Waals surface area (Å²) in [5.74, 6) is 2.48. The smallest absolute Gasteiger partial charge is 0.407 e. The molecule has 0 aliphatic heterocycles. The number of carbonyl (C=O) groups excluding carboxylic acids is 2. The predicted octanol–water partition coefficient (Wildman–Crippen LogP) is 2.21. The Labute approximate surface area is 127 Å². The Morgan fingerprint density at radius 2 is 1.81 bits per heavy atom. The SMILES string of the molecule is C#CC(C)NC(=O)[C@H]1CC[C@H](NC(=O)OC(C)(C)C)CC1. The molecule has 0 radical (unpaired) electrons. The molecule has 21 heavy (non-hydrogen) atoms. The molecule has 0 aromatic rings. The molecule has 0 aromatic carbocycles. The highest BCUT2D eigenvalue weighted by Gasteiger charge is 2.28. The van der Waals surface area contributed by atoms with Crippen LogP contribution in [0.1, 0.15) is 53.4 Å². The van der Waals surface area contributed by atoms with Crippen LogP contribution in [-0.4, -0.2) is 29.7 Å². The molecule has 1 rings (SSSR count). The van der Waals surface area contributed by atoms with Crippen molar-refractivity contribution in [1.82, 2.24) is 10.6 Å². The quantitative estimate of drug-likeness (QED) is 0.784. The largest absolute Gasteiger partial charge is 0.444 e. The summed E-state index contributed by atoms with van der Waals surface area (Å²) in [4.78, 5) is 23.7. The fourth-order valence-corrected chi connectivity index (χ4v) is 2.35. The van der Waals surface area contributed by atoms with Crippen LogP contribution in [0.2, 0.25) is 0 Å². The van der Waals surface area contributed by atoms with Gasteiger partial charge < -0.3 is 15.4 Å². The molecule has 1 aliphatic carbocycles. The minimum Gasteiger partial charge on any atom is -0.444 e. The molecular weight excluding hydrogens is 268 g/mol. The Balaban J connectivity index is 2.34. The van der Waals surface area contributed by atoms with Gasteiger partial charge in [0.05, 0.1) is 6.04 Å². The number of ether oxygens (including phenoxy) is 1. The lowest BCUT2D eigenvalue weighted by molar-refractivity contribution is -0.126. The zero-order valence-corrected chi connectivity index (χ0v) is 13.4. The van der Waals surface area contributed by atoms with Crippen LogP contribution >= 0.6 is 0 Å². The van der Waals surface area contributed by atoms with E-state index in [1.165, 1.54) is 0 Å². The van der Waals surface area contributed by atoms with E-state index in [1.54, 1.807) is 6.92 Å². The minimum atomic E-state index is -0.494. The number of hydrogen-bond acceptors (Lipinski definition) is 3. The Kier molecular flexibility index (Phi) is 6.07. The van der Waals surface area contributed by atoms with Crippen LogP contribution in [0, 0.1) is 18.3 Å². The summed E-state index contributed by atoms with van der Waals surface area (Å²) in [6.45, 7) is 7.29. The van der Waals surface area contributed by atoms with E-state index in [0.717, 1.165) is 25.7 Å². The van der Waals surface area contributed by atoms with Gasteiger partial charge in [-0.25, -0.2) is 4.79 Å². The van der Waals surface area contributed by atoms with E-state index < -0.39 is 11.7 Å². The summed E-state index contributed by atoms with van der Waals surface area (Å²) in [5.41, 5.74) is -0.494. The molecule has 1 atom stereocenters. The first-order valence-electron chi connectivity index (χ1n) is 7.47. The lowest BCUT2D eigenvalue weighted by atomic mass is 9.85. The highest BCUT2D eigenvalue weighted by atomic mass is 16.6. The highest BCUT2D eigenvalue weighted by molar-refractivity contribution is 5.79. The van der Waals surface area contributed by atoms with Crippen LogP contribution in [0.25, 0.3) is 0 Å². The number of carbonyl (C=O) groups is 2. The maximum atomic E-state index is 12.0. The first-order chi connectivity index (χ1) is 9.71. The Hall–Kier alpha value is -1.70. The number of terminal acetylenes is 1. The molecule has 1 unspecified atom stereocenters. The van der Waals surface area contributed by atoms with Gasteiger partial charge in [-0.1, -0.05) is 5.92 Å². The van der Waals surface area contributed by atoms with Gasteiger partial charge in [0.1, 0.15) is 5.60 Å². The van der Waals surface area contributed by atoms with Crippen LogP contribution in [0.15, 0.2) is 0 Å². The molecule has 5 nitrogen and oxygen atoms in total. The second-order valence-electron chi connectivity index (χ2n) is 6.59. The molecule has 1 saturated carbocycles. The normalized spacial score (nSPS) is 23.6. The second-order valence-corrected chi connectivity index (χ2v) is 6.59. The van der Waals surface area contributed by atoms with Crippen molar-refractivity contribution >= 4 is 12.0 Å². The van der Waals surface area contributed by atoms with Crippen LogP contribution < -0.4 is 10.6 Å². The van der Waals surface area contributed by atoms with Gasteiger partial charge in [-0.3, -0.25) is 4.79 Å². The third-order valence-corrected chi connectivity index (χ3v) is 3.43. The third kappa shape index (κ3) is 6.52. The number of hydrogen-bond donors (Lipinski definition) is 2. The number of nitrogens with one attached hydrogen (secondary N) is 2. The lowest BCUT2D eigenvalue weighted by Gasteiger charge is -2.29. The summed E-state index contributed by atoms with van der Waals surface area (Å²) >= 11 is 0. The van der Waals surface area contributed by atoms with Gasteiger partial charge in [-0.15, -0.1) is 6.42 Å². The molecule has 5 heteroatoms. The van der Waals surface area contributed by atoms with Gasteiger partial charge in [0, 0.05) is 12.0 Å². The van der Waals surface area contributed by atoms with Gasteiger partial charge in [0.15, 0.2) is 0 Å². The first kappa shape index (κ1) is 17.4. The molecule has 0 saturated heterocycles. The van der Waals surface area contributed by atoms with Gasteiger partial charge in [-0.05, 0) is 53.4 Å². The average molecular weight is 294 g/mol. The molecule has 2 amide bonds. The van der Waals surface area contributed by atoms with Gasteiger partial charge in [0.2, 0.25) is 5.91 Å². The topological polar surface area (TPSA) is 67.4 Å². The maximum absolute atomic E-state index is 12.0. The molecule has 0 spiro atoms. The second kappa shape index (κ2) is 7.35. The molecule has 0 aromatic heterocycles. The zero-order valence-electron chi connectivity index (χ0n) is 13.4. The van der Waals surface area contributed by atoms with Crippen molar-refractivity contribution in [2.24, 2.45) is 5.92 Å². The Bertz CT molecular complexity index is 412. The fraction of sp³-hybridized carbons (Fsp3) is 0.750. The molecule has 1 fully saturated rings. The van der Waals surface area contributed by atoms with Gasteiger partial charge >= 0.3 is 6.09 Å². The summed E-state index contributed by atoms with van der Waals surface area (Å²) in [7, 11) is 0. The van der Waals surface area contributed by atoms with E-state index in [9.17, 15) is 9.59 Å². The van der Waals surface area contributed by atoms with Crippen molar-refractivity contribution in [2.45, 2.75) is 71.1 Å². The maximum Gasteiger partial charge on any atom is 0.407 e. The predicted molar refractivity (Wildman–Crippen MR) is 81.6 cm³/mol. The minimum absolute atomic E-state index is 0.0103. The zero-order chi connectivity index (χ0) is 16.0. The molecule has 2 N–H and O–H groups in total. The molecule has 1 aliphatic rings. The summed E-state index contributed by atoms with van der Waals surface area (Å²) in [6.07, 6.45) is 7.92. The van der Waals surface area contributed by atoms with Crippen molar-refractivity contribution in [3.8, 4) is 12.3 Å². The Morgan fingerprint density at radius 1 is 1.24 bits per heavy atom. The van der Waals surface area contributed by atoms with Crippen LogP contribution in [0.4, 0.5) is 4.79 Å². The van der Waals surface area contributed by atoms with Gasteiger partial charge in [0.25, 0.3) is 0 Å². The third-order valence-electron chi connectivity index (χ3n) is 3.43. The van der Waals surface area contributed by atoms with Crippen molar-refractivity contribution < 1.29 is 14.3 Å². The van der Waals surface area contributed by atoms with Crippen molar-refractivity contribution in [3.63, 3.8) is 0 Å². The van der Waals surface area contributed by atoms with Crippen molar-refractivity contribution in [1.29, 1.82) is 0 Å². The Morgan fingerprint density at radius 3 is 2.29 bits per heavy atom. The van der Waals surface area contributed by atoms with Crippen molar-refractivity contribution in [3.05, 3.63) is 0 Å². The van der Waals surface area contributed by atoms with Crippen LogP contribution in [-0.2, 0) is 9.53 Å². The fourth-order valence-electron chi connectivity index (χ4n) is 2.35. The van der Waals surface area contributed by atoms with E-state index in [-0.39, 0.29) is 23.9 Å². The molecular formula is C16H26N2O3. The highest BCUT2D eigenvalue weighted by Crippen LogP contribution is 2.24. The van der Waals surface area contributed by atoms with E-state index >= 15 is 0 Å². The standard InChI is InChI=1S/C16H26N2O3/c1-6-11(2)17-14(19)12-7-9-13(10-8-12)18-15(20)21-16(3,4)5/h1,11-13H,7-10H2,2-5H3,(H,17,19)(H,18,20)/t11?,12-,13-. The van der Waals surface area contributed by atoms with E-state index in [0.29, 0.717) is 0 Å². The van der Waals surface area contributed by atoms with Crippen LogP contribution in [0.3, 0.4) is 0 Å². The number of alkyl carbamates (subject to hydrolysis) is 1. The summed E-state index contributed by atoms with van der Waals surface area (Å²) in [5, 5.41) is 5.66. The monoisotopic (exact) mass is 294 g/mol. The molecule has 0 heterocycles. The first-order valence-corrected chi connectivity index (χ1v) is 7.47. The summed E-state index contributed by atoms with van der Waals surface area (Å²) < 4.78 is 5.23. The van der Waals surface area contributed by atoms with E-state index in [4.69, 9.17) is 11.2 Å². The average Bonchev–Trinajstić information content (AvgIpc) is 2.36. The number of rotatable bonds is 3. The summed E-state index contributed by atoms with van der Waals surface area (Å²) in [6, 6.07) is -0.163. The van der Waals surface area contributed by atoms with E-state index in [1.807, 2.05) is 20.8 Å². The van der Waals surface area contributed by atoms with Gasteiger partial charge in [-0.2, -0.15) is 0 Å². The number of amides is 2. The molecule has 0 bridgehead atoms. The van der Waals surface area contributed by atoms with Crippen molar-refractivity contribution in [2.75, 3.05) is 0 Å². The van der Waals surface area contributed by atoms with E-state index in [2.05, 4.69) is 16.6 Å². The lowest BCUT2D eigenvalue weighted by Crippen LogP contribution is -2.43.